The third kappa shape index (κ3) is 4.62. The molecule has 0 fully saturated rings. The van der Waals surface area contributed by atoms with E-state index in [1.807, 2.05) is 17.5 Å². The molecule has 0 bridgehead atoms. The number of nitrogens with one attached hydrogen (secondary N) is 2. The molecular formula is C13H15ClN2OS2. The van der Waals surface area contributed by atoms with Crippen molar-refractivity contribution in [1.29, 1.82) is 0 Å². The normalized spacial score (nSPS) is 10.6. The summed E-state index contributed by atoms with van der Waals surface area (Å²) in [6, 6.07) is 5.92. The molecule has 0 saturated heterocycles. The van der Waals surface area contributed by atoms with Gasteiger partial charge in [-0.15, -0.1) is 22.7 Å². The van der Waals surface area contributed by atoms with Crippen molar-refractivity contribution in [2.24, 2.45) is 0 Å². The van der Waals surface area contributed by atoms with Gasteiger partial charge in [0.05, 0.1) is 10.0 Å². The first-order chi connectivity index (χ1) is 9.15. The van der Waals surface area contributed by atoms with Gasteiger partial charge in [-0.2, -0.15) is 0 Å². The minimum absolute atomic E-state index is 0.0344. The number of hydrogen-bond acceptors (Lipinski definition) is 4. The van der Waals surface area contributed by atoms with Crippen molar-refractivity contribution in [3.8, 4) is 0 Å². The summed E-state index contributed by atoms with van der Waals surface area (Å²) in [7, 11) is 0. The first-order valence-corrected chi connectivity index (χ1v) is 8.01. The van der Waals surface area contributed by atoms with Crippen LogP contribution in [0.25, 0.3) is 0 Å². The second-order valence-electron chi connectivity index (χ2n) is 4.07. The van der Waals surface area contributed by atoms with E-state index in [-0.39, 0.29) is 5.91 Å². The molecule has 102 valence electrons. The van der Waals surface area contributed by atoms with Crippen LogP contribution in [-0.4, -0.2) is 12.5 Å². The summed E-state index contributed by atoms with van der Waals surface area (Å²) in [5.41, 5.74) is 0.907. The molecule has 2 aromatic rings. The second kappa shape index (κ2) is 7.05. The zero-order valence-electron chi connectivity index (χ0n) is 10.5. The molecule has 0 radical (unpaired) electrons. The third-order valence-corrected chi connectivity index (χ3v) is 4.73. The van der Waals surface area contributed by atoms with Crippen LogP contribution in [0, 0.1) is 0 Å². The van der Waals surface area contributed by atoms with E-state index < -0.39 is 0 Å². The lowest BCUT2D eigenvalue weighted by Gasteiger charge is -2.05. The maximum atomic E-state index is 11.0. The maximum absolute atomic E-state index is 11.0. The Kier molecular flexibility index (Phi) is 5.39. The van der Waals surface area contributed by atoms with Crippen LogP contribution in [0.15, 0.2) is 23.6 Å². The fraction of sp³-hybridized carbons (Fsp3) is 0.308. The molecule has 2 aromatic heterocycles. The van der Waals surface area contributed by atoms with Gasteiger partial charge < -0.3 is 10.6 Å². The standard InChI is InChI=1S/C13H15ClN2OS2/c1-9(17)16-11-5-7-18-12(11)8-15-6-4-10-2-3-13(14)19-10/h2-3,5,7,15H,4,6,8H2,1H3,(H,16,17). The van der Waals surface area contributed by atoms with Gasteiger partial charge in [-0.3, -0.25) is 4.79 Å². The van der Waals surface area contributed by atoms with Crippen molar-refractivity contribution in [2.75, 3.05) is 11.9 Å². The van der Waals surface area contributed by atoms with Gasteiger partial charge in [0.1, 0.15) is 0 Å². The quantitative estimate of drug-likeness (QED) is 0.797. The number of hydrogen-bond donors (Lipinski definition) is 2. The zero-order valence-corrected chi connectivity index (χ0v) is 12.9. The van der Waals surface area contributed by atoms with Crippen LogP contribution in [0.1, 0.15) is 16.7 Å². The Morgan fingerprint density at radius 1 is 1.37 bits per heavy atom. The predicted octanol–water partition coefficient (Wildman–Crippen LogP) is 3.75. The minimum Gasteiger partial charge on any atom is -0.325 e. The molecule has 0 aliphatic carbocycles. The van der Waals surface area contributed by atoms with Gasteiger partial charge in [-0.25, -0.2) is 0 Å². The highest BCUT2D eigenvalue weighted by molar-refractivity contribution is 7.16. The van der Waals surface area contributed by atoms with Crippen molar-refractivity contribution < 1.29 is 4.79 Å². The highest BCUT2D eigenvalue weighted by atomic mass is 35.5. The van der Waals surface area contributed by atoms with Crippen molar-refractivity contribution in [1.82, 2.24) is 5.32 Å². The minimum atomic E-state index is -0.0344. The molecule has 2 heterocycles. The van der Waals surface area contributed by atoms with Crippen molar-refractivity contribution in [3.05, 3.63) is 37.7 Å². The van der Waals surface area contributed by atoms with Crippen LogP contribution in [0.4, 0.5) is 5.69 Å². The lowest BCUT2D eigenvalue weighted by atomic mass is 10.3. The van der Waals surface area contributed by atoms with Gasteiger partial charge in [0.15, 0.2) is 0 Å². The summed E-state index contributed by atoms with van der Waals surface area (Å²) in [6.07, 6.45) is 0.970. The molecule has 0 aromatic carbocycles. The Labute approximate surface area is 125 Å². The molecule has 6 heteroatoms. The molecule has 0 aliphatic heterocycles. The van der Waals surface area contributed by atoms with Crippen molar-refractivity contribution in [2.45, 2.75) is 19.9 Å². The van der Waals surface area contributed by atoms with E-state index in [9.17, 15) is 4.79 Å². The fourth-order valence-corrected chi connectivity index (χ4v) is 3.57. The van der Waals surface area contributed by atoms with E-state index in [1.165, 1.54) is 11.8 Å². The van der Waals surface area contributed by atoms with Crippen molar-refractivity contribution >= 4 is 45.9 Å². The smallest absolute Gasteiger partial charge is 0.221 e. The summed E-state index contributed by atoms with van der Waals surface area (Å²) in [4.78, 5) is 13.5. The van der Waals surface area contributed by atoms with Gasteiger partial charge in [0.25, 0.3) is 0 Å². The number of halogens is 1. The van der Waals surface area contributed by atoms with Crippen LogP contribution in [-0.2, 0) is 17.8 Å². The molecule has 3 nitrogen and oxygen atoms in total. The molecule has 2 rings (SSSR count). The third-order valence-electron chi connectivity index (χ3n) is 2.52. The van der Waals surface area contributed by atoms with E-state index in [2.05, 4.69) is 16.7 Å². The molecule has 0 atom stereocenters. The molecule has 0 saturated carbocycles. The van der Waals surface area contributed by atoms with Crippen LogP contribution in [0.3, 0.4) is 0 Å². The number of amides is 1. The molecule has 0 aliphatic rings. The zero-order chi connectivity index (χ0) is 13.7. The van der Waals surface area contributed by atoms with Gasteiger partial charge in [0.2, 0.25) is 5.91 Å². The van der Waals surface area contributed by atoms with E-state index in [4.69, 9.17) is 11.6 Å². The monoisotopic (exact) mass is 314 g/mol. The number of carbonyl (C=O) groups excluding carboxylic acids is 1. The summed E-state index contributed by atoms with van der Waals surface area (Å²) >= 11 is 9.15. The molecule has 2 N–H and O–H groups in total. The lowest BCUT2D eigenvalue weighted by molar-refractivity contribution is -0.114. The van der Waals surface area contributed by atoms with Crippen LogP contribution in [0.2, 0.25) is 4.34 Å². The SMILES string of the molecule is CC(=O)Nc1ccsc1CNCCc1ccc(Cl)s1. The molecule has 19 heavy (non-hydrogen) atoms. The Morgan fingerprint density at radius 3 is 2.89 bits per heavy atom. The Morgan fingerprint density at radius 2 is 2.21 bits per heavy atom. The van der Waals surface area contributed by atoms with E-state index in [1.54, 1.807) is 22.7 Å². The summed E-state index contributed by atoms with van der Waals surface area (Å²) in [5.74, 6) is -0.0344. The first-order valence-electron chi connectivity index (χ1n) is 5.94. The Balaban J connectivity index is 1.76. The first kappa shape index (κ1) is 14.5. The Hall–Kier alpha value is -0.880. The van der Waals surface area contributed by atoms with Gasteiger partial charge in [0, 0.05) is 29.8 Å². The Bertz CT molecular complexity index is 550. The number of carbonyl (C=O) groups is 1. The molecular weight excluding hydrogens is 300 g/mol. The number of anilines is 1. The molecule has 0 unspecified atom stereocenters. The summed E-state index contributed by atoms with van der Waals surface area (Å²) < 4.78 is 0.834. The number of thiophene rings is 2. The average molecular weight is 315 g/mol. The summed E-state index contributed by atoms with van der Waals surface area (Å²) in [6.45, 7) is 3.19. The molecule has 1 amide bonds. The topological polar surface area (TPSA) is 41.1 Å². The fourth-order valence-electron chi connectivity index (χ4n) is 1.68. The lowest BCUT2D eigenvalue weighted by Crippen LogP contribution is -2.17. The van der Waals surface area contributed by atoms with E-state index in [0.717, 1.165) is 34.4 Å². The van der Waals surface area contributed by atoms with Crippen LogP contribution in [0.5, 0.6) is 0 Å². The maximum Gasteiger partial charge on any atom is 0.221 e. The molecule has 0 spiro atoms. The van der Waals surface area contributed by atoms with Gasteiger partial charge in [-0.1, -0.05) is 11.6 Å². The van der Waals surface area contributed by atoms with Crippen LogP contribution < -0.4 is 10.6 Å². The van der Waals surface area contributed by atoms with Crippen molar-refractivity contribution in [3.63, 3.8) is 0 Å². The highest BCUT2D eigenvalue weighted by Crippen LogP contribution is 2.23. The predicted molar refractivity (Wildman–Crippen MR) is 83.4 cm³/mol. The second-order valence-corrected chi connectivity index (χ2v) is 6.87. The van der Waals surface area contributed by atoms with Gasteiger partial charge >= 0.3 is 0 Å². The average Bonchev–Trinajstić information content (AvgIpc) is 2.94. The number of rotatable bonds is 6. The van der Waals surface area contributed by atoms with Gasteiger partial charge in [-0.05, 0) is 30.0 Å². The highest BCUT2D eigenvalue weighted by Gasteiger charge is 2.05. The van der Waals surface area contributed by atoms with E-state index in [0.29, 0.717) is 0 Å². The summed E-state index contributed by atoms with van der Waals surface area (Å²) in [5, 5.41) is 8.20. The van der Waals surface area contributed by atoms with E-state index >= 15 is 0 Å². The largest absolute Gasteiger partial charge is 0.325 e. The van der Waals surface area contributed by atoms with Crippen LogP contribution >= 0.6 is 34.3 Å².